The van der Waals surface area contributed by atoms with Gasteiger partial charge in [0.05, 0.1) is 0 Å². The predicted molar refractivity (Wildman–Crippen MR) is 121 cm³/mol. The van der Waals surface area contributed by atoms with Gasteiger partial charge in [0.2, 0.25) is 0 Å². The van der Waals surface area contributed by atoms with Crippen LogP contribution in [0, 0.1) is 0 Å². The van der Waals surface area contributed by atoms with Crippen molar-refractivity contribution in [3.05, 3.63) is 66.4 Å². The lowest BCUT2D eigenvalue weighted by Gasteiger charge is -2.31. The maximum Gasteiger partial charge on any atom is 0.0408 e. The van der Waals surface area contributed by atoms with Crippen LogP contribution >= 0.6 is 0 Å². The zero-order valence-electron chi connectivity index (χ0n) is 17.8. The van der Waals surface area contributed by atoms with E-state index in [1.807, 2.05) is 6.08 Å². The fraction of sp³-hybridized carbons (Fsp3) is 0.538. The molecule has 27 heavy (non-hydrogen) atoms. The number of hydrogen-bond acceptors (Lipinski definition) is 1. The Labute approximate surface area is 167 Å². The third-order valence-electron chi connectivity index (χ3n) is 6.08. The summed E-state index contributed by atoms with van der Waals surface area (Å²) in [6.45, 7) is 10.4. The lowest BCUT2D eigenvalue weighted by atomic mass is 9.84. The van der Waals surface area contributed by atoms with Crippen molar-refractivity contribution in [2.75, 3.05) is 4.90 Å². The SMILES string of the molecule is C=CC(=CC)CCCC(CC)N(C=CC)c1ccc(C2CCCCC2)cc1. The van der Waals surface area contributed by atoms with Crippen LogP contribution in [0.15, 0.2) is 60.8 Å². The van der Waals surface area contributed by atoms with Crippen molar-refractivity contribution in [2.45, 2.75) is 90.5 Å². The lowest BCUT2D eigenvalue weighted by molar-refractivity contribution is 0.443. The fourth-order valence-electron chi connectivity index (χ4n) is 4.38. The Hall–Kier alpha value is -1.76. The molecule has 0 N–H and O–H groups in total. The highest BCUT2D eigenvalue weighted by molar-refractivity contribution is 5.51. The minimum Gasteiger partial charge on any atom is -0.345 e. The molecular weight excluding hydrogens is 326 g/mol. The molecule has 1 aromatic carbocycles. The van der Waals surface area contributed by atoms with Crippen molar-refractivity contribution in [1.29, 1.82) is 0 Å². The van der Waals surface area contributed by atoms with Crippen molar-refractivity contribution in [1.82, 2.24) is 0 Å². The van der Waals surface area contributed by atoms with E-state index in [-0.39, 0.29) is 0 Å². The molecular formula is C26H39N. The molecule has 1 fully saturated rings. The third kappa shape index (κ3) is 6.41. The molecule has 1 aliphatic rings. The maximum atomic E-state index is 3.92. The van der Waals surface area contributed by atoms with Crippen LogP contribution < -0.4 is 4.90 Å². The minimum absolute atomic E-state index is 0.546. The first-order chi connectivity index (χ1) is 13.2. The van der Waals surface area contributed by atoms with E-state index in [4.69, 9.17) is 0 Å². The molecule has 1 nitrogen and oxygen atoms in total. The molecule has 1 aromatic rings. The van der Waals surface area contributed by atoms with Crippen LogP contribution in [-0.4, -0.2) is 6.04 Å². The van der Waals surface area contributed by atoms with Crippen molar-refractivity contribution in [3.63, 3.8) is 0 Å². The molecule has 1 saturated carbocycles. The monoisotopic (exact) mass is 365 g/mol. The normalized spacial score (nSPS) is 17.2. The summed E-state index contributed by atoms with van der Waals surface area (Å²) in [5, 5.41) is 0. The summed E-state index contributed by atoms with van der Waals surface area (Å²) in [7, 11) is 0. The average Bonchev–Trinajstić information content (AvgIpc) is 2.73. The maximum absolute atomic E-state index is 3.92. The van der Waals surface area contributed by atoms with Gasteiger partial charge in [-0.15, -0.1) is 0 Å². The van der Waals surface area contributed by atoms with Crippen molar-refractivity contribution >= 4 is 5.69 Å². The summed E-state index contributed by atoms with van der Waals surface area (Å²) in [4.78, 5) is 2.48. The van der Waals surface area contributed by atoms with Gasteiger partial charge in [0.1, 0.15) is 0 Å². The average molecular weight is 366 g/mol. The molecule has 148 valence electrons. The van der Waals surface area contributed by atoms with Crippen LogP contribution in [0.2, 0.25) is 0 Å². The molecule has 0 aromatic heterocycles. The van der Waals surface area contributed by atoms with Crippen LogP contribution in [0.5, 0.6) is 0 Å². The van der Waals surface area contributed by atoms with Gasteiger partial charge in [0, 0.05) is 17.9 Å². The lowest BCUT2D eigenvalue weighted by Crippen LogP contribution is -2.30. The Morgan fingerprint density at radius 2 is 1.85 bits per heavy atom. The largest absolute Gasteiger partial charge is 0.345 e. The van der Waals surface area contributed by atoms with E-state index in [2.05, 4.69) is 74.9 Å². The van der Waals surface area contributed by atoms with Crippen LogP contribution in [0.4, 0.5) is 5.69 Å². The van der Waals surface area contributed by atoms with Crippen molar-refractivity contribution in [2.24, 2.45) is 0 Å². The summed E-state index contributed by atoms with van der Waals surface area (Å²) in [6.07, 6.45) is 20.2. The summed E-state index contributed by atoms with van der Waals surface area (Å²) < 4.78 is 0. The number of hydrogen-bond donors (Lipinski definition) is 0. The molecule has 0 saturated heterocycles. The molecule has 0 amide bonds. The van der Waals surface area contributed by atoms with Gasteiger partial charge >= 0.3 is 0 Å². The van der Waals surface area contributed by atoms with Crippen LogP contribution in [0.3, 0.4) is 0 Å². The van der Waals surface area contributed by atoms with Gasteiger partial charge in [-0.05, 0) is 76.0 Å². The number of nitrogens with zero attached hydrogens (tertiary/aromatic N) is 1. The highest BCUT2D eigenvalue weighted by Gasteiger charge is 2.18. The Morgan fingerprint density at radius 1 is 1.15 bits per heavy atom. The highest BCUT2D eigenvalue weighted by atomic mass is 15.1. The number of benzene rings is 1. The standard InChI is InChI=1S/C26H39N/c1-5-21-27(25(8-4)16-12-13-22(6-2)7-3)26-19-17-24(18-20-26)23-14-10-9-11-15-23/h5-7,17-21,23,25H,2,8-16H2,1,3-4H3. The third-order valence-corrected chi connectivity index (χ3v) is 6.08. The zero-order chi connectivity index (χ0) is 19.5. The molecule has 0 aliphatic heterocycles. The summed E-state index contributed by atoms with van der Waals surface area (Å²) in [5.41, 5.74) is 4.23. The quantitative estimate of drug-likeness (QED) is 0.378. The minimum atomic E-state index is 0.546. The first kappa shape index (κ1) is 21.5. The van der Waals surface area contributed by atoms with E-state index in [0.717, 1.165) is 18.8 Å². The van der Waals surface area contributed by atoms with Gasteiger partial charge in [0.25, 0.3) is 0 Å². The molecule has 0 heterocycles. The Kier molecular flexibility index (Phi) is 9.45. The van der Waals surface area contributed by atoms with Gasteiger partial charge in [-0.3, -0.25) is 0 Å². The summed E-state index contributed by atoms with van der Waals surface area (Å²) in [5.74, 6) is 0.781. The van der Waals surface area contributed by atoms with Gasteiger partial charge < -0.3 is 4.90 Å². The first-order valence-electron chi connectivity index (χ1n) is 11.0. The number of anilines is 1. The molecule has 0 bridgehead atoms. The molecule has 1 heteroatoms. The van der Waals surface area contributed by atoms with Crippen molar-refractivity contribution < 1.29 is 0 Å². The van der Waals surface area contributed by atoms with Gasteiger partial charge in [-0.25, -0.2) is 0 Å². The van der Waals surface area contributed by atoms with Gasteiger partial charge in [-0.2, -0.15) is 0 Å². The second kappa shape index (κ2) is 11.8. The van der Waals surface area contributed by atoms with Crippen LogP contribution in [0.1, 0.15) is 90.0 Å². The molecule has 0 spiro atoms. The van der Waals surface area contributed by atoms with E-state index >= 15 is 0 Å². The smallest absolute Gasteiger partial charge is 0.0408 e. The fourth-order valence-corrected chi connectivity index (χ4v) is 4.38. The second-order valence-electron chi connectivity index (χ2n) is 7.84. The van der Waals surface area contributed by atoms with E-state index in [1.165, 1.54) is 61.8 Å². The molecule has 1 atom stereocenters. The number of rotatable bonds is 10. The topological polar surface area (TPSA) is 3.24 Å². The first-order valence-corrected chi connectivity index (χ1v) is 11.0. The highest BCUT2D eigenvalue weighted by Crippen LogP contribution is 2.34. The van der Waals surface area contributed by atoms with Crippen LogP contribution in [0.25, 0.3) is 0 Å². The van der Waals surface area contributed by atoms with Crippen molar-refractivity contribution in [3.8, 4) is 0 Å². The van der Waals surface area contributed by atoms with Gasteiger partial charge in [0.15, 0.2) is 0 Å². The van der Waals surface area contributed by atoms with E-state index in [1.54, 1.807) is 0 Å². The molecule has 1 aliphatic carbocycles. The zero-order valence-corrected chi connectivity index (χ0v) is 17.8. The summed E-state index contributed by atoms with van der Waals surface area (Å²) >= 11 is 0. The van der Waals surface area contributed by atoms with E-state index < -0.39 is 0 Å². The second-order valence-corrected chi connectivity index (χ2v) is 7.84. The molecule has 2 rings (SSSR count). The predicted octanol–water partition coefficient (Wildman–Crippen LogP) is 8.16. The summed E-state index contributed by atoms with van der Waals surface area (Å²) in [6, 6.07) is 9.99. The Balaban J connectivity index is 2.06. The Bertz CT molecular complexity index is 602. The van der Waals surface area contributed by atoms with Crippen LogP contribution in [-0.2, 0) is 0 Å². The molecule has 1 unspecified atom stereocenters. The van der Waals surface area contributed by atoms with E-state index in [0.29, 0.717) is 6.04 Å². The molecule has 0 radical (unpaired) electrons. The number of allylic oxidation sites excluding steroid dienone is 4. The van der Waals surface area contributed by atoms with Gasteiger partial charge in [-0.1, -0.05) is 68.7 Å². The Morgan fingerprint density at radius 3 is 2.41 bits per heavy atom. The van der Waals surface area contributed by atoms with E-state index in [9.17, 15) is 0 Å².